The Balaban J connectivity index is 2.59. The lowest BCUT2D eigenvalue weighted by Crippen LogP contribution is -2.14. The fraction of sp³-hybridized carbons (Fsp3) is 0.533. The SMILES string of the molecule is Cc1cc(O)c(C(C)(C)C)cc1C1(N=C=O)CC1. The topological polar surface area (TPSA) is 49.7 Å². The molecule has 0 atom stereocenters. The zero-order valence-corrected chi connectivity index (χ0v) is 11.4. The maximum atomic E-state index is 10.6. The van der Waals surface area contributed by atoms with Crippen LogP contribution in [-0.4, -0.2) is 11.2 Å². The summed E-state index contributed by atoms with van der Waals surface area (Å²) in [6.45, 7) is 8.12. The number of aliphatic imine (C=N–C) groups is 1. The summed E-state index contributed by atoms with van der Waals surface area (Å²) in [4.78, 5) is 14.5. The van der Waals surface area contributed by atoms with E-state index in [4.69, 9.17) is 0 Å². The van der Waals surface area contributed by atoms with Crippen molar-refractivity contribution in [1.82, 2.24) is 0 Å². The molecule has 0 saturated heterocycles. The minimum Gasteiger partial charge on any atom is -0.508 e. The number of hydrogen-bond donors (Lipinski definition) is 1. The van der Waals surface area contributed by atoms with Crippen molar-refractivity contribution >= 4 is 6.08 Å². The summed E-state index contributed by atoms with van der Waals surface area (Å²) in [7, 11) is 0. The van der Waals surface area contributed by atoms with Gasteiger partial charge in [-0.15, -0.1) is 0 Å². The van der Waals surface area contributed by atoms with Gasteiger partial charge < -0.3 is 5.11 Å². The number of phenols is 1. The first-order chi connectivity index (χ1) is 8.30. The molecule has 0 spiro atoms. The molecule has 3 nitrogen and oxygen atoms in total. The fourth-order valence-electron chi connectivity index (χ4n) is 2.44. The van der Waals surface area contributed by atoms with Crippen molar-refractivity contribution in [3.63, 3.8) is 0 Å². The fourth-order valence-corrected chi connectivity index (χ4v) is 2.44. The van der Waals surface area contributed by atoms with E-state index in [9.17, 15) is 9.90 Å². The van der Waals surface area contributed by atoms with Crippen LogP contribution < -0.4 is 0 Å². The van der Waals surface area contributed by atoms with Crippen LogP contribution in [-0.2, 0) is 15.7 Å². The van der Waals surface area contributed by atoms with Gasteiger partial charge >= 0.3 is 0 Å². The Hall–Kier alpha value is -1.60. The molecular formula is C15H19NO2. The van der Waals surface area contributed by atoms with Crippen LogP contribution >= 0.6 is 0 Å². The van der Waals surface area contributed by atoms with E-state index in [1.165, 1.54) is 0 Å². The number of benzene rings is 1. The first-order valence-electron chi connectivity index (χ1n) is 6.24. The summed E-state index contributed by atoms with van der Waals surface area (Å²) in [6.07, 6.45) is 3.45. The molecule has 0 heterocycles. The van der Waals surface area contributed by atoms with Crippen LogP contribution in [0.1, 0.15) is 50.3 Å². The number of aromatic hydroxyl groups is 1. The van der Waals surface area contributed by atoms with Crippen LogP contribution in [0.5, 0.6) is 5.75 Å². The van der Waals surface area contributed by atoms with E-state index in [2.05, 4.69) is 25.8 Å². The molecule has 1 saturated carbocycles. The van der Waals surface area contributed by atoms with Gasteiger partial charge in [-0.25, -0.2) is 4.79 Å². The lowest BCUT2D eigenvalue weighted by molar-refractivity contribution is 0.445. The highest BCUT2D eigenvalue weighted by atomic mass is 16.3. The van der Waals surface area contributed by atoms with E-state index >= 15 is 0 Å². The van der Waals surface area contributed by atoms with Crippen molar-refractivity contribution in [2.24, 2.45) is 4.99 Å². The van der Waals surface area contributed by atoms with Crippen LogP contribution in [0.25, 0.3) is 0 Å². The van der Waals surface area contributed by atoms with Gasteiger partial charge in [0, 0.05) is 0 Å². The molecule has 2 rings (SSSR count). The monoisotopic (exact) mass is 245 g/mol. The molecule has 0 aliphatic heterocycles. The van der Waals surface area contributed by atoms with Crippen LogP contribution in [0, 0.1) is 6.92 Å². The normalized spacial score (nSPS) is 17.1. The summed E-state index contributed by atoms with van der Waals surface area (Å²) < 4.78 is 0. The summed E-state index contributed by atoms with van der Waals surface area (Å²) >= 11 is 0. The highest BCUT2D eigenvalue weighted by Gasteiger charge is 2.46. The minimum absolute atomic E-state index is 0.131. The van der Waals surface area contributed by atoms with E-state index in [1.807, 2.05) is 13.0 Å². The summed E-state index contributed by atoms with van der Waals surface area (Å²) in [5, 5.41) is 10.1. The number of aryl methyl sites for hydroxylation is 1. The van der Waals surface area contributed by atoms with Gasteiger partial charge in [0.05, 0.1) is 5.54 Å². The lowest BCUT2D eigenvalue weighted by atomic mass is 9.83. The van der Waals surface area contributed by atoms with E-state index < -0.39 is 0 Å². The van der Waals surface area contributed by atoms with Crippen LogP contribution in [0.3, 0.4) is 0 Å². The average Bonchev–Trinajstić information content (AvgIpc) is 2.97. The van der Waals surface area contributed by atoms with E-state index in [0.717, 1.165) is 29.5 Å². The van der Waals surface area contributed by atoms with E-state index in [0.29, 0.717) is 5.75 Å². The van der Waals surface area contributed by atoms with Gasteiger partial charge in [0.15, 0.2) is 0 Å². The molecule has 1 aliphatic rings. The second kappa shape index (κ2) is 3.96. The molecule has 0 amide bonds. The van der Waals surface area contributed by atoms with Gasteiger partial charge in [0.25, 0.3) is 0 Å². The van der Waals surface area contributed by atoms with Crippen molar-refractivity contribution < 1.29 is 9.90 Å². The molecule has 3 heteroatoms. The van der Waals surface area contributed by atoms with Gasteiger partial charge in [-0.1, -0.05) is 20.8 Å². The second-order valence-electron chi connectivity index (χ2n) is 6.17. The van der Waals surface area contributed by atoms with E-state index in [1.54, 1.807) is 12.1 Å². The summed E-state index contributed by atoms with van der Waals surface area (Å²) in [5.74, 6) is 0.314. The molecule has 0 unspecified atom stereocenters. The van der Waals surface area contributed by atoms with Crippen molar-refractivity contribution in [3.8, 4) is 5.75 Å². The van der Waals surface area contributed by atoms with Gasteiger partial charge in [0.1, 0.15) is 5.75 Å². The van der Waals surface area contributed by atoms with E-state index in [-0.39, 0.29) is 11.0 Å². The quantitative estimate of drug-likeness (QED) is 0.642. The average molecular weight is 245 g/mol. The Kier molecular flexibility index (Phi) is 2.83. The Bertz CT molecular complexity index is 530. The lowest BCUT2D eigenvalue weighted by Gasteiger charge is -2.23. The Morgan fingerprint density at radius 2 is 1.94 bits per heavy atom. The predicted molar refractivity (Wildman–Crippen MR) is 70.6 cm³/mol. The molecule has 96 valence electrons. The molecule has 1 N–H and O–H groups in total. The second-order valence-corrected chi connectivity index (χ2v) is 6.17. The number of carbonyl (C=O) groups excluding carboxylic acids is 1. The van der Waals surface area contributed by atoms with Gasteiger partial charge in [0.2, 0.25) is 6.08 Å². The van der Waals surface area contributed by atoms with Crippen molar-refractivity contribution in [2.75, 3.05) is 0 Å². The third kappa shape index (κ3) is 2.06. The van der Waals surface area contributed by atoms with Gasteiger partial charge in [-0.3, -0.25) is 0 Å². The molecule has 1 aromatic rings. The van der Waals surface area contributed by atoms with Crippen molar-refractivity contribution in [1.29, 1.82) is 0 Å². The Labute approximate surface area is 108 Å². The predicted octanol–water partition coefficient (Wildman–Crippen LogP) is 3.32. The zero-order chi connectivity index (χ0) is 13.6. The molecule has 1 aliphatic carbocycles. The van der Waals surface area contributed by atoms with Crippen LogP contribution in [0.15, 0.2) is 17.1 Å². The molecule has 18 heavy (non-hydrogen) atoms. The maximum absolute atomic E-state index is 10.6. The first-order valence-corrected chi connectivity index (χ1v) is 6.24. The highest BCUT2D eigenvalue weighted by Crippen LogP contribution is 2.51. The number of nitrogens with zero attached hydrogens (tertiary/aromatic N) is 1. The molecule has 1 aromatic carbocycles. The molecule has 1 fully saturated rings. The number of isocyanates is 1. The van der Waals surface area contributed by atoms with Crippen molar-refractivity contribution in [2.45, 2.75) is 51.5 Å². The third-order valence-electron chi connectivity index (χ3n) is 3.64. The van der Waals surface area contributed by atoms with Gasteiger partial charge in [-0.05, 0) is 54.0 Å². The number of phenolic OH excluding ortho intramolecular Hbond substituents is 1. The highest BCUT2D eigenvalue weighted by molar-refractivity contribution is 5.51. The number of hydrogen-bond acceptors (Lipinski definition) is 3. The zero-order valence-electron chi connectivity index (χ0n) is 11.4. The van der Waals surface area contributed by atoms with Crippen LogP contribution in [0.4, 0.5) is 0 Å². The summed E-state index contributed by atoms with van der Waals surface area (Å²) in [6, 6.07) is 3.77. The van der Waals surface area contributed by atoms with Crippen LogP contribution in [0.2, 0.25) is 0 Å². The van der Waals surface area contributed by atoms with Crippen molar-refractivity contribution in [3.05, 3.63) is 28.8 Å². The first kappa shape index (κ1) is 12.8. The molecule has 0 radical (unpaired) electrons. The van der Waals surface area contributed by atoms with Gasteiger partial charge in [-0.2, -0.15) is 4.99 Å². The molecular weight excluding hydrogens is 226 g/mol. The third-order valence-corrected chi connectivity index (χ3v) is 3.64. The number of rotatable bonds is 2. The molecule has 0 aromatic heterocycles. The minimum atomic E-state index is -0.375. The smallest absolute Gasteiger partial charge is 0.235 e. The standard InChI is InChI=1S/C15H19NO2/c1-10-7-13(18)12(14(2,3)4)8-11(10)15(5-6-15)16-9-17/h7-8,18H,5-6H2,1-4H3. The molecule has 0 bridgehead atoms. The Morgan fingerprint density at radius 1 is 1.33 bits per heavy atom. The summed E-state index contributed by atoms with van der Waals surface area (Å²) in [5.41, 5.74) is 2.42. The maximum Gasteiger partial charge on any atom is 0.235 e. The largest absolute Gasteiger partial charge is 0.508 e. The Morgan fingerprint density at radius 3 is 2.39 bits per heavy atom.